The summed E-state index contributed by atoms with van der Waals surface area (Å²) < 4.78 is 5.41. The average Bonchev–Trinajstić information content (AvgIpc) is 2.61. The van der Waals surface area contributed by atoms with Crippen molar-refractivity contribution < 1.29 is 9.84 Å². The van der Waals surface area contributed by atoms with Gasteiger partial charge in [0.1, 0.15) is 5.60 Å². The van der Waals surface area contributed by atoms with E-state index in [1.54, 1.807) is 0 Å². The Morgan fingerprint density at radius 1 is 1.50 bits per heavy atom. The Morgan fingerprint density at radius 3 is 3.00 bits per heavy atom. The Kier molecular flexibility index (Phi) is 4.19. The number of aliphatic hydroxyl groups is 1. The van der Waals surface area contributed by atoms with Crippen LogP contribution < -0.4 is 10.6 Å². The first kappa shape index (κ1) is 12.3. The summed E-state index contributed by atoms with van der Waals surface area (Å²) in [5, 5.41) is 17.1. The van der Waals surface area contributed by atoms with E-state index in [-0.39, 0.29) is 6.10 Å². The number of nitrogens with one attached hydrogen (secondary N) is 2. The second-order valence-corrected chi connectivity index (χ2v) is 5.14. The summed E-state index contributed by atoms with van der Waals surface area (Å²) in [7, 11) is 0. The molecule has 3 N–H and O–H groups in total. The second kappa shape index (κ2) is 5.45. The van der Waals surface area contributed by atoms with E-state index in [2.05, 4.69) is 10.6 Å². The first-order chi connectivity index (χ1) is 7.71. The van der Waals surface area contributed by atoms with Gasteiger partial charge >= 0.3 is 0 Å². The second-order valence-electron chi connectivity index (χ2n) is 5.14. The van der Waals surface area contributed by atoms with Crippen LogP contribution in [0.4, 0.5) is 0 Å². The van der Waals surface area contributed by atoms with Gasteiger partial charge in [0.05, 0.1) is 6.10 Å². The summed E-state index contributed by atoms with van der Waals surface area (Å²) in [6.45, 7) is 5.37. The Labute approximate surface area is 97.7 Å². The number of hydrogen-bond donors (Lipinski definition) is 3. The molecule has 0 aromatic carbocycles. The van der Waals surface area contributed by atoms with Crippen molar-refractivity contribution in [3.8, 4) is 0 Å². The van der Waals surface area contributed by atoms with Gasteiger partial charge in [0.15, 0.2) is 0 Å². The minimum absolute atomic E-state index is 0.0423. The molecule has 0 aromatic heterocycles. The van der Waals surface area contributed by atoms with Gasteiger partial charge in [-0.2, -0.15) is 0 Å². The fourth-order valence-corrected chi connectivity index (χ4v) is 2.56. The molecule has 0 spiro atoms. The van der Waals surface area contributed by atoms with E-state index in [9.17, 15) is 5.11 Å². The van der Waals surface area contributed by atoms with Gasteiger partial charge in [0.25, 0.3) is 0 Å². The molecule has 2 rings (SSSR count). The molecule has 4 nitrogen and oxygen atoms in total. The molecule has 3 unspecified atom stereocenters. The van der Waals surface area contributed by atoms with E-state index < -0.39 is 5.60 Å². The lowest BCUT2D eigenvalue weighted by Gasteiger charge is -2.29. The van der Waals surface area contributed by atoms with Crippen LogP contribution in [0.1, 0.15) is 32.6 Å². The Balaban J connectivity index is 1.66. The maximum absolute atomic E-state index is 10.3. The van der Waals surface area contributed by atoms with Crippen molar-refractivity contribution in [2.24, 2.45) is 0 Å². The van der Waals surface area contributed by atoms with E-state index >= 15 is 0 Å². The molecule has 0 aliphatic carbocycles. The average molecular weight is 228 g/mol. The highest BCUT2D eigenvalue weighted by Crippen LogP contribution is 2.24. The maximum atomic E-state index is 10.3. The smallest absolute Gasteiger partial charge is 0.105 e. The van der Waals surface area contributed by atoms with E-state index in [0.717, 1.165) is 19.5 Å². The standard InChI is InChI=1S/C12H24N2O2/c1-10-12(15,5-7-16-10)9-13-8-11-4-2-3-6-14-11/h10-11,13-15H,2-9H2,1H3. The third-order valence-corrected chi connectivity index (χ3v) is 3.89. The van der Waals surface area contributed by atoms with Crippen LogP contribution in [0.3, 0.4) is 0 Å². The van der Waals surface area contributed by atoms with Gasteiger partial charge in [-0.1, -0.05) is 6.42 Å². The quantitative estimate of drug-likeness (QED) is 0.646. The molecule has 0 aromatic rings. The van der Waals surface area contributed by atoms with Crippen LogP contribution in [0.15, 0.2) is 0 Å². The summed E-state index contributed by atoms with van der Waals surface area (Å²) in [5.74, 6) is 0. The van der Waals surface area contributed by atoms with Gasteiger partial charge in [-0.15, -0.1) is 0 Å². The van der Waals surface area contributed by atoms with Crippen molar-refractivity contribution in [1.82, 2.24) is 10.6 Å². The minimum atomic E-state index is -0.658. The molecule has 2 aliphatic heterocycles. The summed E-state index contributed by atoms with van der Waals surface area (Å²) in [6, 6.07) is 0.579. The van der Waals surface area contributed by atoms with Crippen molar-refractivity contribution in [2.75, 3.05) is 26.2 Å². The molecule has 0 bridgehead atoms. The first-order valence-electron chi connectivity index (χ1n) is 6.49. The zero-order valence-electron chi connectivity index (χ0n) is 10.2. The van der Waals surface area contributed by atoms with E-state index in [1.807, 2.05) is 6.92 Å². The van der Waals surface area contributed by atoms with Crippen LogP contribution in [0, 0.1) is 0 Å². The van der Waals surface area contributed by atoms with Crippen LogP contribution in [-0.4, -0.2) is 49.1 Å². The van der Waals surface area contributed by atoms with Gasteiger partial charge in [-0.25, -0.2) is 0 Å². The highest BCUT2D eigenvalue weighted by molar-refractivity contribution is 4.92. The van der Waals surface area contributed by atoms with Crippen molar-refractivity contribution in [1.29, 1.82) is 0 Å². The first-order valence-corrected chi connectivity index (χ1v) is 6.49. The molecule has 4 heteroatoms. The number of ether oxygens (including phenoxy) is 1. The van der Waals surface area contributed by atoms with Crippen LogP contribution >= 0.6 is 0 Å². The summed E-state index contributed by atoms with van der Waals surface area (Å²) in [5.41, 5.74) is -0.658. The third kappa shape index (κ3) is 2.94. The predicted octanol–water partition coefficient (Wildman–Crippen LogP) is 0.258. The van der Waals surface area contributed by atoms with Gasteiger partial charge in [-0.05, 0) is 26.3 Å². The number of piperidine rings is 1. The van der Waals surface area contributed by atoms with Gasteiger partial charge in [-0.3, -0.25) is 0 Å². The lowest BCUT2D eigenvalue weighted by atomic mass is 9.96. The molecular weight excluding hydrogens is 204 g/mol. The fourth-order valence-electron chi connectivity index (χ4n) is 2.56. The molecular formula is C12H24N2O2. The van der Waals surface area contributed by atoms with E-state index in [4.69, 9.17) is 4.74 Å². The highest BCUT2D eigenvalue weighted by atomic mass is 16.5. The Morgan fingerprint density at radius 2 is 2.38 bits per heavy atom. The van der Waals surface area contributed by atoms with Crippen molar-refractivity contribution >= 4 is 0 Å². The molecule has 2 saturated heterocycles. The molecule has 2 aliphatic rings. The molecule has 16 heavy (non-hydrogen) atoms. The number of rotatable bonds is 4. The molecule has 0 amide bonds. The maximum Gasteiger partial charge on any atom is 0.105 e. The van der Waals surface area contributed by atoms with Crippen LogP contribution in [0.25, 0.3) is 0 Å². The monoisotopic (exact) mass is 228 g/mol. The summed E-state index contributed by atoms with van der Waals surface area (Å²) in [6.07, 6.45) is 4.57. The van der Waals surface area contributed by atoms with Crippen LogP contribution in [0.2, 0.25) is 0 Å². The predicted molar refractivity (Wildman–Crippen MR) is 63.5 cm³/mol. The summed E-state index contributed by atoms with van der Waals surface area (Å²) >= 11 is 0. The molecule has 2 heterocycles. The Hall–Kier alpha value is -0.160. The van der Waals surface area contributed by atoms with Gasteiger partial charge in [0, 0.05) is 32.2 Å². The van der Waals surface area contributed by atoms with Crippen molar-refractivity contribution in [3.63, 3.8) is 0 Å². The fraction of sp³-hybridized carbons (Fsp3) is 1.00. The van der Waals surface area contributed by atoms with Crippen LogP contribution in [-0.2, 0) is 4.74 Å². The summed E-state index contributed by atoms with van der Waals surface area (Å²) in [4.78, 5) is 0. The normalized spacial score (nSPS) is 40.1. The minimum Gasteiger partial charge on any atom is -0.386 e. The van der Waals surface area contributed by atoms with Gasteiger partial charge in [0.2, 0.25) is 0 Å². The SMILES string of the molecule is CC1OCCC1(O)CNCC1CCCCN1. The molecule has 94 valence electrons. The lowest BCUT2D eigenvalue weighted by Crippen LogP contribution is -2.49. The largest absolute Gasteiger partial charge is 0.386 e. The topological polar surface area (TPSA) is 53.5 Å². The van der Waals surface area contributed by atoms with Crippen molar-refractivity contribution in [2.45, 2.75) is 50.4 Å². The zero-order chi connectivity index (χ0) is 11.4. The zero-order valence-corrected chi connectivity index (χ0v) is 10.2. The van der Waals surface area contributed by atoms with E-state index in [0.29, 0.717) is 19.2 Å². The molecule has 3 atom stereocenters. The van der Waals surface area contributed by atoms with Crippen LogP contribution in [0.5, 0.6) is 0 Å². The van der Waals surface area contributed by atoms with Gasteiger partial charge < -0.3 is 20.5 Å². The number of hydrogen-bond acceptors (Lipinski definition) is 4. The third-order valence-electron chi connectivity index (χ3n) is 3.89. The van der Waals surface area contributed by atoms with Crippen molar-refractivity contribution in [3.05, 3.63) is 0 Å². The lowest BCUT2D eigenvalue weighted by molar-refractivity contribution is -0.0263. The highest BCUT2D eigenvalue weighted by Gasteiger charge is 2.39. The Bertz CT molecular complexity index is 219. The molecule has 2 fully saturated rings. The molecule has 0 radical (unpaired) electrons. The molecule has 0 saturated carbocycles. The van der Waals surface area contributed by atoms with E-state index in [1.165, 1.54) is 19.3 Å².